The lowest BCUT2D eigenvalue weighted by atomic mass is 9.98. The summed E-state index contributed by atoms with van der Waals surface area (Å²) in [5, 5.41) is 11.9. The van der Waals surface area contributed by atoms with Crippen molar-refractivity contribution in [3.63, 3.8) is 0 Å². The van der Waals surface area contributed by atoms with Crippen molar-refractivity contribution in [1.82, 2.24) is 10.2 Å². The van der Waals surface area contributed by atoms with Crippen LogP contribution in [0, 0.1) is 0 Å². The van der Waals surface area contributed by atoms with Crippen LogP contribution in [0.1, 0.15) is 82.6 Å². The zero-order chi connectivity index (χ0) is 30.3. The molecule has 2 N–H and O–H groups in total. The van der Waals surface area contributed by atoms with Gasteiger partial charge in [0.05, 0.1) is 7.98 Å². The fourth-order valence-electron chi connectivity index (χ4n) is 4.73. The normalized spacial score (nSPS) is 14.9. The van der Waals surface area contributed by atoms with Gasteiger partial charge in [-0.1, -0.05) is 60.7 Å². The van der Waals surface area contributed by atoms with E-state index in [2.05, 4.69) is 5.32 Å². The highest BCUT2D eigenvalue weighted by atomic mass is 16.5. The Kier molecular flexibility index (Phi) is 9.34. The minimum atomic E-state index is -1.22. The number of nitrogens with one attached hydrogen (secondary N) is 1. The second-order valence-corrected chi connectivity index (χ2v) is 11.4. The first-order valence-corrected chi connectivity index (χ1v) is 14.2. The minimum Gasteiger partial charge on any atom is -0.493 e. The predicted octanol–water partition coefficient (Wildman–Crippen LogP) is 6.64. The lowest BCUT2D eigenvalue weighted by molar-refractivity contribution is -0.137. The van der Waals surface area contributed by atoms with Crippen LogP contribution in [0.4, 0.5) is 0 Å². The van der Waals surface area contributed by atoms with Gasteiger partial charge in [0.15, 0.2) is 0 Å². The van der Waals surface area contributed by atoms with Crippen LogP contribution in [0.15, 0.2) is 78.9 Å². The number of para-hydroxylation sites is 1. The molecule has 0 radical (unpaired) electrons. The van der Waals surface area contributed by atoms with Crippen molar-refractivity contribution < 1.29 is 25.6 Å². The second kappa shape index (κ2) is 13.5. The zero-order valence-corrected chi connectivity index (χ0v) is 24.1. The average molecular weight is 558 g/mol. The molecule has 0 bridgehead atoms. The van der Waals surface area contributed by atoms with E-state index in [1.165, 1.54) is 4.90 Å². The number of benzene rings is 3. The number of amides is 2. The maximum Gasteiger partial charge on any atom is 0.303 e. The molecule has 0 spiro atoms. The van der Waals surface area contributed by atoms with Crippen LogP contribution in [0.25, 0.3) is 11.1 Å². The van der Waals surface area contributed by atoms with E-state index in [0.29, 0.717) is 55.6 Å². The first-order valence-electron chi connectivity index (χ1n) is 14.7. The summed E-state index contributed by atoms with van der Waals surface area (Å²) in [4.78, 5) is 40.4. The van der Waals surface area contributed by atoms with Gasteiger partial charge in [-0.15, -0.1) is 0 Å². The summed E-state index contributed by atoms with van der Waals surface area (Å²) in [6.07, 6.45) is 2.95. The number of aliphatic carboxylic acids is 1. The molecule has 1 fully saturated rings. The number of carboxylic acid groups (broad SMARTS) is 1. The summed E-state index contributed by atoms with van der Waals surface area (Å²) in [5.41, 5.74) is 2.34. The van der Waals surface area contributed by atoms with Gasteiger partial charge in [0, 0.05) is 29.1 Å². The highest BCUT2D eigenvalue weighted by Crippen LogP contribution is 2.39. The van der Waals surface area contributed by atoms with E-state index in [4.69, 9.17) is 11.2 Å². The van der Waals surface area contributed by atoms with Gasteiger partial charge in [0.25, 0.3) is 5.91 Å². The number of ether oxygens (including phenoxy) is 1. The standard InChI is InChI=1S/C34H40N2O5/c1-34(2,3)35-32(39)31(28-14-9-10-15-29(28)41-23-11-5-8-16-30(37)38)36(27-21-22-27)33(40)26-19-17-25(18-20-26)24-12-6-4-7-13-24/h4,6-7,9-10,12-15,17-20,27,31H,5,8,11,16,21-23H2,1-3H3,(H,35,39)(H,37,38)/i27D. The molecule has 7 nitrogen and oxygen atoms in total. The monoisotopic (exact) mass is 557 g/mol. The van der Waals surface area contributed by atoms with E-state index in [-0.39, 0.29) is 18.2 Å². The Hall–Kier alpha value is -4.13. The molecule has 7 heteroatoms. The van der Waals surface area contributed by atoms with E-state index in [1.807, 2.05) is 69.3 Å². The highest BCUT2D eigenvalue weighted by Gasteiger charge is 2.43. The van der Waals surface area contributed by atoms with Crippen molar-refractivity contribution in [2.24, 2.45) is 0 Å². The number of hydrogen-bond donors (Lipinski definition) is 2. The van der Waals surface area contributed by atoms with Crippen molar-refractivity contribution in [3.05, 3.63) is 90.0 Å². The number of rotatable bonds is 13. The number of carbonyl (C=O) groups excluding carboxylic acids is 2. The SMILES string of the molecule is [2H]C1(N(C(=O)c2ccc(-c3ccccc3)cc2)C(C(=O)NC(C)(C)C)c2ccccc2OCCCCCC(=O)O)CC1. The largest absolute Gasteiger partial charge is 0.493 e. The van der Waals surface area contributed by atoms with Crippen LogP contribution >= 0.6 is 0 Å². The molecule has 1 unspecified atom stereocenters. The number of carboxylic acids is 1. The molecule has 0 aliphatic heterocycles. The smallest absolute Gasteiger partial charge is 0.303 e. The molecule has 41 heavy (non-hydrogen) atoms. The lowest BCUT2D eigenvalue weighted by Gasteiger charge is -2.34. The Balaban J connectivity index is 1.66. The van der Waals surface area contributed by atoms with Gasteiger partial charge < -0.3 is 20.1 Å². The second-order valence-electron chi connectivity index (χ2n) is 11.4. The number of carbonyl (C=O) groups is 3. The molecule has 3 aromatic rings. The molecular formula is C34H40N2O5. The summed E-state index contributed by atoms with van der Waals surface area (Å²) >= 11 is 0. The third-order valence-corrected chi connectivity index (χ3v) is 6.78. The van der Waals surface area contributed by atoms with E-state index in [9.17, 15) is 14.4 Å². The summed E-state index contributed by atoms with van der Waals surface area (Å²) in [6, 6.07) is 22.0. The summed E-state index contributed by atoms with van der Waals surface area (Å²) in [6.45, 7) is 5.97. The minimum absolute atomic E-state index is 0.112. The van der Waals surface area contributed by atoms with E-state index in [1.54, 1.807) is 30.3 Å². The highest BCUT2D eigenvalue weighted by molar-refractivity contribution is 5.99. The zero-order valence-electron chi connectivity index (χ0n) is 25.1. The van der Waals surface area contributed by atoms with Crippen molar-refractivity contribution >= 4 is 17.8 Å². The quantitative estimate of drug-likeness (QED) is 0.230. The molecule has 3 aromatic carbocycles. The molecule has 1 atom stereocenters. The van der Waals surface area contributed by atoms with Gasteiger partial charge in [-0.2, -0.15) is 0 Å². The molecule has 2 amide bonds. The fourth-order valence-corrected chi connectivity index (χ4v) is 4.73. The van der Waals surface area contributed by atoms with Crippen molar-refractivity contribution in [3.8, 4) is 16.9 Å². The van der Waals surface area contributed by atoms with Crippen LogP contribution in [0.2, 0.25) is 0 Å². The Morgan fingerprint density at radius 1 is 0.927 bits per heavy atom. The summed E-state index contributed by atoms with van der Waals surface area (Å²) in [7, 11) is 0. The molecule has 4 rings (SSSR count). The maximum atomic E-state index is 14.2. The summed E-state index contributed by atoms with van der Waals surface area (Å²) < 4.78 is 15.2. The lowest BCUT2D eigenvalue weighted by Crippen LogP contribution is -2.50. The first kappa shape index (κ1) is 28.4. The van der Waals surface area contributed by atoms with Crippen LogP contribution in [-0.2, 0) is 9.59 Å². The Morgan fingerprint density at radius 3 is 2.20 bits per heavy atom. The molecule has 216 valence electrons. The Morgan fingerprint density at radius 2 is 1.56 bits per heavy atom. The fraction of sp³-hybridized carbons (Fsp3) is 0.382. The third-order valence-electron chi connectivity index (χ3n) is 6.78. The molecule has 1 aliphatic carbocycles. The molecule has 1 aliphatic rings. The first-order chi connectivity index (χ1) is 20.0. The van der Waals surface area contributed by atoms with E-state index >= 15 is 0 Å². The van der Waals surface area contributed by atoms with Crippen molar-refractivity contribution in [2.75, 3.05) is 6.61 Å². The average Bonchev–Trinajstić information content (AvgIpc) is 3.70. The summed E-state index contributed by atoms with van der Waals surface area (Å²) in [5.74, 6) is -1.13. The van der Waals surface area contributed by atoms with Gasteiger partial charge in [-0.25, -0.2) is 0 Å². The molecule has 0 heterocycles. The van der Waals surface area contributed by atoms with Crippen LogP contribution in [-0.4, -0.2) is 46.0 Å². The molecule has 0 aromatic heterocycles. The van der Waals surface area contributed by atoms with Crippen molar-refractivity contribution in [2.45, 2.75) is 76.9 Å². The Labute approximate surface area is 243 Å². The molecule has 1 saturated carbocycles. The van der Waals surface area contributed by atoms with Gasteiger partial charge in [-0.3, -0.25) is 14.4 Å². The number of nitrogens with zero attached hydrogens (tertiary/aromatic N) is 1. The molecular weight excluding hydrogens is 516 g/mol. The van der Waals surface area contributed by atoms with E-state index in [0.717, 1.165) is 11.1 Å². The van der Waals surface area contributed by atoms with E-state index < -0.39 is 23.6 Å². The Bertz CT molecular complexity index is 1380. The van der Waals surface area contributed by atoms with Gasteiger partial charge >= 0.3 is 5.97 Å². The third kappa shape index (κ3) is 8.43. The topological polar surface area (TPSA) is 95.9 Å². The molecule has 0 saturated heterocycles. The maximum absolute atomic E-state index is 14.2. The number of hydrogen-bond acceptors (Lipinski definition) is 4. The van der Waals surface area contributed by atoms with Gasteiger partial charge in [0.2, 0.25) is 5.91 Å². The van der Waals surface area contributed by atoms with Crippen LogP contribution in [0.5, 0.6) is 5.75 Å². The van der Waals surface area contributed by atoms with Gasteiger partial charge in [-0.05, 0) is 82.2 Å². The van der Waals surface area contributed by atoms with Crippen LogP contribution in [0.3, 0.4) is 0 Å². The number of unbranched alkanes of at least 4 members (excludes halogenated alkanes) is 2. The van der Waals surface area contributed by atoms with Crippen LogP contribution < -0.4 is 10.1 Å². The van der Waals surface area contributed by atoms with Crippen molar-refractivity contribution in [1.29, 1.82) is 0 Å². The van der Waals surface area contributed by atoms with Gasteiger partial charge in [0.1, 0.15) is 11.8 Å². The predicted molar refractivity (Wildman–Crippen MR) is 160 cm³/mol.